The summed E-state index contributed by atoms with van der Waals surface area (Å²) in [5.74, 6) is -1.75. The van der Waals surface area contributed by atoms with E-state index in [9.17, 15) is 19.5 Å². The molecule has 0 heterocycles. The van der Waals surface area contributed by atoms with Crippen molar-refractivity contribution in [2.75, 3.05) is 6.61 Å². The van der Waals surface area contributed by atoms with E-state index in [4.69, 9.17) is 4.74 Å². The predicted octanol–water partition coefficient (Wildman–Crippen LogP) is 4.31. The molecule has 2 aromatic rings. The third-order valence-electron chi connectivity index (χ3n) is 6.82. The molecule has 7 heteroatoms. The number of carboxylic acid groups (broad SMARTS) is 1. The van der Waals surface area contributed by atoms with Crippen LogP contribution in [-0.2, 0) is 14.3 Å². The average Bonchev–Trinajstić information content (AvgIpc) is 3.39. The summed E-state index contributed by atoms with van der Waals surface area (Å²) in [6, 6.07) is 15.0. The van der Waals surface area contributed by atoms with Crippen LogP contribution in [0.4, 0.5) is 4.79 Å². The Morgan fingerprint density at radius 1 is 1.00 bits per heavy atom. The summed E-state index contributed by atoms with van der Waals surface area (Å²) >= 11 is 0. The first-order valence-electron chi connectivity index (χ1n) is 12.0. The predicted molar refractivity (Wildman–Crippen MR) is 128 cm³/mol. The molecule has 3 N–H and O–H groups in total. The summed E-state index contributed by atoms with van der Waals surface area (Å²) in [4.78, 5) is 37.1. The molecule has 7 nitrogen and oxygen atoms in total. The summed E-state index contributed by atoms with van der Waals surface area (Å²) in [5.41, 5.74) is 4.53. The second-order valence-electron chi connectivity index (χ2n) is 9.64. The number of alkyl carbamates (subject to hydrolysis) is 1. The highest BCUT2D eigenvalue weighted by Crippen LogP contribution is 2.44. The Bertz CT molecular complexity index is 1020. The van der Waals surface area contributed by atoms with E-state index in [1.165, 1.54) is 0 Å². The molecular weight excluding hydrogens is 432 g/mol. The molecule has 0 spiro atoms. The number of hydrogen-bond acceptors (Lipinski definition) is 4. The maximum absolute atomic E-state index is 13.0. The van der Waals surface area contributed by atoms with Crippen LogP contribution >= 0.6 is 0 Å². The average molecular weight is 465 g/mol. The van der Waals surface area contributed by atoms with Gasteiger partial charge in [0.1, 0.15) is 12.6 Å². The molecule has 0 saturated heterocycles. The second kappa shape index (κ2) is 10.3. The number of rotatable bonds is 8. The lowest BCUT2D eigenvalue weighted by molar-refractivity contribution is -0.142. The van der Waals surface area contributed by atoms with Crippen molar-refractivity contribution in [2.45, 2.75) is 57.5 Å². The Hall–Kier alpha value is -3.35. The van der Waals surface area contributed by atoms with Crippen LogP contribution in [0.3, 0.4) is 0 Å². The van der Waals surface area contributed by atoms with Crippen LogP contribution < -0.4 is 10.6 Å². The van der Waals surface area contributed by atoms with Gasteiger partial charge in [-0.25, -0.2) is 4.79 Å². The number of carbonyl (C=O) groups is 3. The molecular formula is C27H32N2O5. The van der Waals surface area contributed by atoms with Gasteiger partial charge in [0, 0.05) is 12.0 Å². The van der Waals surface area contributed by atoms with Crippen molar-refractivity contribution in [1.29, 1.82) is 0 Å². The Kier molecular flexibility index (Phi) is 7.20. The fraction of sp³-hybridized carbons (Fsp3) is 0.444. The lowest BCUT2D eigenvalue weighted by Crippen LogP contribution is -2.51. The fourth-order valence-electron chi connectivity index (χ4n) is 5.20. The van der Waals surface area contributed by atoms with Gasteiger partial charge in [-0.3, -0.25) is 9.59 Å². The molecule has 2 aliphatic carbocycles. The van der Waals surface area contributed by atoms with Crippen molar-refractivity contribution < 1.29 is 24.2 Å². The number of hydrogen-bond donors (Lipinski definition) is 3. The van der Waals surface area contributed by atoms with Gasteiger partial charge in [0.2, 0.25) is 5.91 Å². The normalized spacial score (nSPS) is 19.9. The standard InChI is InChI=1S/C27H32N2O5/c1-16(2)14-24(25(30)28-23-13-7-12-21(23)26(31)32)29-27(33)34-15-22-19-10-5-3-8-17(19)18-9-4-6-11-20(18)22/h3-6,8-11,16,21-24H,7,12-15H2,1-2H3,(H,28,30)(H,29,33)(H,31,32)/t21?,23?,24-/m1/s1. The third-order valence-corrected chi connectivity index (χ3v) is 6.82. The zero-order valence-electron chi connectivity index (χ0n) is 19.6. The van der Waals surface area contributed by atoms with Gasteiger partial charge in [0.15, 0.2) is 0 Å². The minimum absolute atomic E-state index is 0.0645. The number of ether oxygens (including phenoxy) is 1. The van der Waals surface area contributed by atoms with Gasteiger partial charge in [-0.2, -0.15) is 0 Å². The number of carbonyl (C=O) groups excluding carboxylic acids is 2. The zero-order chi connectivity index (χ0) is 24.2. The fourth-order valence-corrected chi connectivity index (χ4v) is 5.20. The Morgan fingerprint density at radius 3 is 2.21 bits per heavy atom. The number of aliphatic carboxylic acids is 1. The zero-order valence-corrected chi connectivity index (χ0v) is 19.6. The molecule has 2 amide bonds. The smallest absolute Gasteiger partial charge is 0.407 e. The molecule has 3 atom stereocenters. The van der Waals surface area contributed by atoms with E-state index in [-0.39, 0.29) is 24.3 Å². The van der Waals surface area contributed by atoms with Gasteiger partial charge < -0.3 is 20.5 Å². The summed E-state index contributed by atoms with van der Waals surface area (Å²) in [7, 11) is 0. The van der Waals surface area contributed by atoms with Crippen LogP contribution in [0.2, 0.25) is 0 Å². The molecule has 2 aromatic carbocycles. The quantitative estimate of drug-likeness (QED) is 0.540. The van der Waals surface area contributed by atoms with Crippen LogP contribution in [-0.4, -0.2) is 41.8 Å². The van der Waals surface area contributed by atoms with Crippen molar-refractivity contribution in [3.63, 3.8) is 0 Å². The number of benzene rings is 2. The van der Waals surface area contributed by atoms with E-state index in [1.807, 2.05) is 38.1 Å². The number of nitrogens with one attached hydrogen (secondary N) is 2. The Morgan fingerprint density at radius 2 is 1.62 bits per heavy atom. The lowest BCUT2D eigenvalue weighted by Gasteiger charge is -2.24. The van der Waals surface area contributed by atoms with Crippen molar-refractivity contribution in [3.05, 3.63) is 59.7 Å². The van der Waals surface area contributed by atoms with E-state index in [0.717, 1.165) is 28.7 Å². The number of fused-ring (bicyclic) bond motifs is 3. The number of amides is 2. The molecule has 0 aliphatic heterocycles. The van der Waals surface area contributed by atoms with Gasteiger partial charge in [-0.1, -0.05) is 68.8 Å². The van der Waals surface area contributed by atoms with E-state index in [0.29, 0.717) is 19.3 Å². The van der Waals surface area contributed by atoms with Gasteiger partial charge in [0.05, 0.1) is 5.92 Å². The lowest BCUT2D eigenvalue weighted by atomic mass is 9.98. The van der Waals surface area contributed by atoms with Crippen molar-refractivity contribution in [3.8, 4) is 11.1 Å². The van der Waals surface area contributed by atoms with Crippen LogP contribution in [0.15, 0.2) is 48.5 Å². The maximum atomic E-state index is 13.0. The first-order chi connectivity index (χ1) is 16.3. The van der Waals surface area contributed by atoms with Crippen molar-refractivity contribution in [1.82, 2.24) is 10.6 Å². The molecule has 1 fully saturated rings. The molecule has 0 aromatic heterocycles. The van der Waals surface area contributed by atoms with E-state index < -0.39 is 30.1 Å². The minimum Gasteiger partial charge on any atom is -0.481 e. The molecule has 2 unspecified atom stereocenters. The summed E-state index contributed by atoms with van der Waals surface area (Å²) in [6.45, 7) is 4.10. The van der Waals surface area contributed by atoms with Crippen molar-refractivity contribution in [2.24, 2.45) is 11.8 Å². The summed E-state index contributed by atoms with van der Waals surface area (Å²) < 4.78 is 5.61. The molecule has 0 radical (unpaired) electrons. The van der Waals surface area contributed by atoms with E-state index in [2.05, 4.69) is 34.9 Å². The van der Waals surface area contributed by atoms with Gasteiger partial charge in [0.25, 0.3) is 0 Å². The van der Waals surface area contributed by atoms with Gasteiger partial charge in [-0.05, 0) is 47.4 Å². The number of carboxylic acids is 1. The Balaban J connectivity index is 1.40. The van der Waals surface area contributed by atoms with Gasteiger partial charge >= 0.3 is 12.1 Å². The van der Waals surface area contributed by atoms with Crippen molar-refractivity contribution >= 4 is 18.0 Å². The molecule has 1 saturated carbocycles. The first kappa shape index (κ1) is 23.8. The third kappa shape index (κ3) is 5.08. The highest BCUT2D eigenvalue weighted by Gasteiger charge is 2.36. The van der Waals surface area contributed by atoms with E-state index in [1.54, 1.807) is 0 Å². The maximum Gasteiger partial charge on any atom is 0.407 e. The highest BCUT2D eigenvalue weighted by molar-refractivity contribution is 5.86. The Labute approximate surface area is 199 Å². The molecule has 2 aliphatic rings. The molecule has 180 valence electrons. The summed E-state index contributed by atoms with van der Waals surface area (Å²) in [6.07, 6.45) is 1.72. The van der Waals surface area contributed by atoms with Gasteiger partial charge in [-0.15, -0.1) is 0 Å². The molecule has 4 rings (SSSR count). The van der Waals surface area contributed by atoms with Crippen LogP contribution in [0.25, 0.3) is 11.1 Å². The van der Waals surface area contributed by atoms with E-state index >= 15 is 0 Å². The van der Waals surface area contributed by atoms with Crippen LogP contribution in [0, 0.1) is 11.8 Å². The molecule has 0 bridgehead atoms. The largest absolute Gasteiger partial charge is 0.481 e. The molecule has 34 heavy (non-hydrogen) atoms. The monoisotopic (exact) mass is 464 g/mol. The topological polar surface area (TPSA) is 105 Å². The van der Waals surface area contributed by atoms with Crippen LogP contribution in [0.5, 0.6) is 0 Å². The second-order valence-corrected chi connectivity index (χ2v) is 9.64. The summed E-state index contributed by atoms with van der Waals surface area (Å²) in [5, 5.41) is 15.0. The first-order valence-corrected chi connectivity index (χ1v) is 12.0. The van der Waals surface area contributed by atoms with Crippen LogP contribution in [0.1, 0.15) is 56.6 Å². The highest BCUT2D eigenvalue weighted by atomic mass is 16.5. The minimum atomic E-state index is -0.896. The SMILES string of the molecule is CC(C)C[C@@H](NC(=O)OCC1c2ccccc2-c2ccccc21)C(=O)NC1CCCC1C(=O)O.